The average molecular weight is 397 g/mol. The predicted molar refractivity (Wildman–Crippen MR) is 118 cm³/mol. The van der Waals surface area contributed by atoms with E-state index < -0.39 is 5.41 Å². The maximum absolute atomic E-state index is 12.7. The number of carbonyl (C=O) groups is 2. The SMILES string of the molecule is CCC(=O)Nc1ccc(NC(=O)C(C)(C)CCCOc2cc(C)ccc2C)cc1. The van der Waals surface area contributed by atoms with Gasteiger partial charge >= 0.3 is 0 Å². The lowest BCUT2D eigenvalue weighted by Crippen LogP contribution is -2.31. The normalized spacial score (nSPS) is 11.1. The molecule has 0 radical (unpaired) electrons. The summed E-state index contributed by atoms with van der Waals surface area (Å²) < 4.78 is 5.90. The van der Waals surface area contributed by atoms with Gasteiger partial charge in [0.1, 0.15) is 5.75 Å². The summed E-state index contributed by atoms with van der Waals surface area (Å²) in [6.07, 6.45) is 1.93. The van der Waals surface area contributed by atoms with Gasteiger partial charge < -0.3 is 15.4 Å². The van der Waals surface area contributed by atoms with E-state index in [9.17, 15) is 9.59 Å². The van der Waals surface area contributed by atoms with Gasteiger partial charge in [0.05, 0.1) is 6.61 Å². The van der Waals surface area contributed by atoms with Crippen molar-refractivity contribution in [1.82, 2.24) is 0 Å². The molecule has 0 heterocycles. The van der Waals surface area contributed by atoms with E-state index in [1.165, 1.54) is 5.56 Å². The van der Waals surface area contributed by atoms with Crippen molar-refractivity contribution < 1.29 is 14.3 Å². The Kier molecular flexibility index (Phi) is 7.82. The van der Waals surface area contributed by atoms with Crippen LogP contribution in [0.25, 0.3) is 0 Å². The van der Waals surface area contributed by atoms with Crippen LogP contribution >= 0.6 is 0 Å². The monoisotopic (exact) mass is 396 g/mol. The van der Waals surface area contributed by atoms with E-state index in [1.54, 1.807) is 31.2 Å². The first-order chi connectivity index (χ1) is 13.7. The Balaban J connectivity index is 1.83. The second-order valence-corrected chi connectivity index (χ2v) is 8.04. The number of benzene rings is 2. The van der Waals surface area contributed by atoms with E-state index in [0.717, 1.165) is 23.4 Å². The molecule has 5 heteroatoms. The van der Waals surface area contributed by atoms with E-state index in [0.29, 0.717) is 25.1 Å². The second-order valence-electron chi connectivity index (χ2n) is 8.04. The highest BCUT2D eigenvalue weighted by molar-refractivity contribution is 5.95. The molecule has 156 valence electrons. The molecule has 0 aromatic heterocycles. The number of anilines is 2. The summed E-state index contributed by atoms with van der Waals surface area (Å²) in [4.78, 5) is 24.1. The number of amides is 2. The summed E-state index contributed by atoms with van der Waals surface area (Å²) >= 11 is 0. The first kappa shape index (κ1) is 22.5. The molecule has 2 amide bonds. The lowest BCUT2D eigenvalue weighted by Gasteiger charge is -2.24. The first-order valence-corrected chi connectivity index (χ1v) is 10.1. The van der Waals surface area contributed by atoms with E-state index >= 15 is 0 Å². The maximum Gasteiger partial charge on any atom is 0.230 e. The maximum atomic E-state index is 12.7. The number of hydrogen-bond donors (Lipinski definition) is 2. The average Bonchev–Trinajstić information content (AvgIpc) is 2.69. The molecule has 0 aliphatic rings. The molecule has 5 nitrogen and oxygen atoms in total. The molecule has 0 atom stereocenters. The van der Waals surface area contributed by atoms with Gasteiger partial charge in [-0.1, -0.05) is 32.9 Å². The standard InChI is InChI=1S/C24H32N2O3/c1-6-22(27)25-19-10-12-20(13-11-19)26-23(28)24(4,5)14-7-15-29-21-16-17(2)8-9-18(21)3/h8-13,16H,6-7,14-15H2,1-5H3,(H,25,27)(H,26,28). The van der Waals surface area contributed by atoms with Gasteiger partial charge in [0, 0.05) is 23.2 Å². The minimum absolute atomic E-state index is 0.0328. The Bertz CT molecular complexity index is 842. The van der Waals surface area contributed by atoms with Crippen LogP contribution in [0, 0.1) is 19.3 Å². The van der Waals surface area contributed by atoms with E-state index in [1.807, 2.05) is 33.8 Å². The zero-order chi connectivity index (χ0) is 21.4. The fourth-order valence-corrected chi connectivity index (χ4v) is 2.86. The Morgan fingerprint density at radius 3 is 2.21 bits per heavy atom. The molecule has 0 unspecified atom stereocenters. The highest BCUT2D eigenvalue weighted by atomic mass is 16.5. The van der Waals surface area contributed by atoms with Crippen molar-refractivity contribution in [3.63, 3.8) is 0 Å². The molecule has 2 N–H and O–H groups in total. The predicted octanol–water partition coefficient (Wildman–Crippen LogP) is 5.48. The fourth-order valence-electron chi connectivity index (χ4n) is 2.86. The van der Waals surface area contributed by atoms with Gasteiger partial charge in [-0.25, -0.2) is 0 Å². The number of aryl methyl sites for hydroxylation is 2. The summed E-state index contributed by atoms with van der Waals surface area (Å²) in [5.41, 5.74) is 3.21. The summed E-state index contributed by atoms with van der Waals surface area (Å²) in [6.45, 7) is 10.3. The van der Waals surface area contributed by atoms with E-state index in [4.69, 9.17) is 4.74 Å². The van der Waals surface area contributed by atoms with Crippen LogP contribution in [-0.4, -0.2) is 18.4 Å². The largest absolute Gasteiger partial charge is 0.493 e. The smallest absolute Gasteiger partial charge is 0.230 e. The van der Waals surface area contributed by atoms with Crippen molar-refractivity contribution in [2.75, 3.05) is 17.2 Å². The summed E-state index contributed by atoms with van der Waals surface area (Å²) in [6, 6.07) is 13.3. The van der Waals surface area contributed by atoms with Crippen LogP contribution in [0.2, 0.25) is 0 Å². The molecule has 2 rings (SSSR count). The van der Waals surface area contributed by atoms with Crippen LogP contribution in [0.4, 0.5) is 11.4 Å². The van der Waals surface area contributed by atoms with E-state index in [2.05, 4.69) is 22.8 Å². The van der Waals surface area contributed by atoms with Crippen molar-refractivity contribution in [1.29, 1.82) is 0 Å². The van der Waals surface area contributed by atoms with Crippen molar-refractivity contribution in [2.45, 2.75) is 53.9 Å². The molecular formula is C24H32N2O3. The van der Waals surface area contributed by atoms with Crippen molar-refractivity contribution >= 4 is 23.2 Å². The Morgan fingerprint density at radius 2 is 1.59 bits per heavy atom. The number of ether oxygens (including phenoxy) is 1. The summed E-state index contributed by atoms with van der Waals surface area (Å²) in [7, 11) is 0. The van der Waals surface area contributed by atoms with Gasteiger partial charge in [-0.05, 0) is 68.1 Å². The molecule has 0 saturated heterocycles. The lowest BCUT2D eigenvalue weighted by molar-refractivity contribution is -0.124. The minimum Gasteiger partial charge on any atom is -0.493 e. The van der Waals surface area contributed by atoms with Gasteiger partial charge in [0.15, 0.2) is 0 Å². The third-order valence-electron chi connectivity index (χ3n) is 4.91. The number of nitrogens with one attached hydrogen (secondary N) is 2. The lowest BCUT2D eigenvalue weighted by atomic mass is 9.87. The number of carbonyl (C=O) groups excluding carboxylic acids is 2. The van der Waals surface area contributed by atoms with Crippen molar-refractivity contribution in [3.05, 3.63) is 53.6 Å². The van der Waals surface area contributed by atoms with Gasteiger partial charge in [-0.15, -0.1) is 0 Å². The molecule has 0 bridgehead atoms. The molecule has 0 saturated carbocycles. The van der Waals surface area contributed by atoms with Crippen LogP contribution in [0.1, 0.15) is 51.2 Å². The molecule has 29 heavy (non-hydrogen) atoms. The third-order valence-corrected chi connectivity index (χ3v) is 4.91. The molecule has 0 aliphatic carbocycles. The van der Waals surface area contributed by atoms with Crippen LogP contribution < -0.4 is 15.4 Å². The highest BCUT2D eigenvalue weighted by Crippen LogP contribution is 2.26. The van der Waals surface area contributed by atoms with Crippen molar-refractivity contribution in [3.8, 4) is 5.75 Å². The van der Waals surface area contributed by atoms with Crippen LogP contribution in [0.5, 0.6) is 5.75 Å². The molecule has 0 fully saturated rings. The van der Waals surface area contributed by atoms with Crippen LogP contribution in [0.15, 0.2) is 42.5 Å². The van der Waals surface area contributed by atoms with Crippen molar-refractivity contribution in [2.24, 2.45) is 5.41 Å². The molecular weight excluding hydrogens is 364 g/mol. The van der Waals surface area contributed by atoms with Gasteiger partial charge in [0.25, 0.3) is 0 Å². The van der Waals surface area contributed by atoms with Gasteiger partial charge in [0.2, 0.25) is 11.8 Å². The summed E-state index contributed by atoms with van der Waals surface area (Å²) in [5.74, 6) is 0.836. The molecule has 0 aliphatic heterocycles. The fraction of sp³-hybridized carbons (Fsp3) is 0.417. The van der Waals surface area contributed by atoms with Gasteiger partial charge in [-0.3, -0.25) is 9.59 Å². The zero-order valence-electron chi connectivity index (χ0n) is 18.1. The Hall–Kier alpha value is -2.82. The summed E-state index contributed by atoms with van der Waals surface area (Å²) in [5, 5.41) is 5.75. The quantitative estimate of drug-likeness (QED) is 0.552. The number of hydrogen-bond acceptors (Lipinski definition) is 3. The zero-order valence-corrected chi connectivity index (χ0v) is 18.1. The Morgan fingerprint density at radius 1 is 0.966 bits per heavy atom. The minimum atomic E-state index is -0.514. The topological polar surface area (TPSA) is 67.4 Å². The third kappa shape index (κ3) is 6.93. The highest BCUT2D eigenvalue weighted by Gasteiger charge is 2.27. The van der Waals surface area contributed by atoms with Crippen LogP contribution in [0.3, 0.4) is 0 Å². The molecule has 0 spiro atoms. The second kappa shape index (κ2) is 10.1. The van der Waals surface area contributed by atoms with Crippen LogP contribution in [-0.2, 0) is 9.59 Å². The molecule has 2 aromatic rings. The molecule has 2 aromatic carbocycles. The van der Waals surface area contributed by atoms with E-state index in [-0.39, 0.29) is 11.8 Å². The van der Waals surface area contributed by atoms with Gasteiger partial charge in [-0.2, -0.15) is 0 Å². The first-order valence-electron chi connectivity index (χ1n) is 10.1. The Labute approximate surface area is 173 Å². The number of rotatable bonds is 9.